The predicted molar refractivity (Wildman–Crippen MR) is 58.8 cm³/mol. The van der Waals surface area contributed by atoms with E-state index in [4.69, 9.17) is 5.11 Å². The van der Waals surface area contributed by atoms with Crippen LogP contribution in [0.2, 0.25) is 0 Å². The number of aromatic hydroxyl groups is 1. The zero-order valence-electron chi connectivity index (χ0n) is 8.59. The SMILES string of the molecule is O=S(=O)(c1c[c]c(O)cc1)c1cccc(F)c1. The topological polar surface area (TPSA) is 54.4 Å². The Hall–Kier alpha value is -1.88. The Morgan fingerprint density at radius 3 is 2.47 bits per heavy atom. The van der Waals surface area contributed by atoms with Gasteiger partial charge >= 0.3 is 0 Å². The number of benzene rings is 2. The molecule has 0 aliphatic rings. The van der Waals surface area contributed by atoms with Gasteiger partial charge in [-0.1, -0.05) is 6.07 Å². The maximum Gasteiger partial charge on any atom is 0.206 e. The third kappa shape index (κ3) is 2.29. The molecule has 0 saturated heterocycles. The smallest absolute Gasteiger partial charge is 0.206 e. The number of phenols is 1. The molecular formula is C12H8FO3S. The van der Waals surface area contributed by atoms with Crippen LogP contribution in [0.25, 0.3) is 0 Å². The minimum atomic E-state index is -3.76. The fourth-order valence-electron chi connectivity index (χ4n) is 1.34. The summed E-state index contributed by atoms with van der Waals surface area (Å²) in [4.78, 5) is -0.169. The van der Waals surface area contributed by atoms with Crippen LogP contribution in [0.1, 0.15) is 0 Å². The fourth-order valence-corrected chi connectivity index (χ4v) is 2.60. The summed E-state index contributed by atoms with van der Waals surface area (Å²) >= 11 is 0. The van der Waals surface area contributed by atoms with Gasteiger partial charge in [0.15, 0.2) is 0 Å². The number of hydrogen-bond donors (Lipinski definition) is 1. The van der Waals surface area contributed by atoms with Crippen LogP contribution in [0, 0.1) is 11.9 Å². The first-order chi connectivity index (χ1) is 8.00. The van der Waals surface area contributed by atoms with Crippen molar-refractivity contribution in [3.8, 4) is 5.75 Å². The highest BCUT2D eigenvalue weighted by molar-refractivity contribution is 7.91. The number of hydrogen-bond acceptors (Lipinski definition) is 3. The summed E-state index contributed by atoms with van der Waals surface area (Å²) < 4.78 is 37.0. The minimum Gasteiger partial charge on any atom is -0.507 e. The summed E-state index contributed by atoms with van der Waals surface area (Å²) in [6, 6.07) is 10.7. The minimum absolute atomic E-state index is 0.0408. The van der Waals surface area contributed by atoms with Crippen molar-refractivity contribution in [3.05, 3.63) is 54.3 Å². The molecule has 0 atom stereocenters. The maximum absolute atomic E-state index is 13.0. The van der Waals surface area contributed by atoms with Crippen molar-refractivity contribution in [1.82, 2.24) is 0 Å². The van der Waals surface area contributed by atoms with Gasteiger partial charge in [0.05, 0.1) is 9.79 Å². The Morgan fingerprint density at radius 1 is 1.12 bits per heavy atom. The monoisotopic (exact) mass is 251 g/mol. The molecule has 5 heteroatoms. The molecule has 1 N–H and O–H groups in total. The van der Waals surface area contributed by atoms with E-state index in [0.29, 0.717) is 0 Å². The van der Waals surface area contributed by atoms with E-state index in [1.807, 2.05) is 0 Å². The van der Waals surface area contributed by atoms with Crippen LogP contribution in [0.4, 0.5) is 4.39 Å². The molecule has 0 aliphatic carbocycles. The van der Waals surface area contributed by atoms with Crippen LogP contribution in [-0.2, 0) is 9.84 Å². The molecule has 87 valence electrons. The van der Waals surface area contributed by atoms with E-state index in [0.717, 1.165) is 12.1 Å². The molecule has 2 aromatic carbocycles. The molecule has 0 heterocycles. The normalized spacial score (nSPS) is 11.4. The van der Waals surface area contributed by atoms with Crippen molar-refractivity contribution >= 4 is 9.84 Å². The van der Waals surface area contributed by atoms with E-state index < -0.39 is 15.7 Å². The van der Waals surface area contributed by atoms with Gasteiger partial charge in [0, 0.05) is 6.07 Å². The second kappa shape index (κ2) is 4.18. The highest BCUT2D eigenvalue weighted by atomic mass is 32.2. The van der Waals surface area contributed by atoms with Crippen molar-refractivity contribution in [1.29, 1.82) is 0 Å². The zero-order valence-corrected chi connectivity index (χ0v) is 9.41. The quantitative estimate of drug-likeness (QED) is 0.889. The Kier molecular flexibility index (Phi) is 2.85. The molecule has 0 amide bonds. The molecule has 3 nitrogen and oxygen atoms in total. The van der Waals surface area contributed by atoms with Crippen molar-refractivity contribution in [2.75, 3.05) is 0 Å². The van der Waals surface area contributed by atoms with Crippen LogP contribution in [-0.4, -0.2) is 13.5 Å². The van der Waals surface area contributed by atoms with Gasteiger partial charge in [-0.25, -0.2) is 12.8 Å². The zero-order chi connectivity index (χ0) is 12.5. The molecule has 0 spiro atoms. The first-order valence-electron chi connectivity index (χ1n) is 4.71. The Morgan fingerprint density at radius 2 is 1.88 bits per heavy atom. The summed E-state index contributed by atoms with van der Waals surface area (Å²) in [5, 5.41) is 9.03. The lowest BCUT2D eigenvalue weighted by atomic mass is 10.3. The molecule has 0 bridgehead atoms. The van der Waals surface area contributed by atoms with Gasteiger partial charge in [0.1, 0.15) is 11.6 Å². The van der Waals surface area contributed by atoms with Gasteiger partial charge in [-0.3, -0.25) is 0 Å². The summed E-state index contributed by atoms with van der Waals surface area (Å²) in [6.07, 6.45) is 0. The first kappa shape index (κ1) is 11.6. The number of sulfone groups is 1. The van der Waals surface area contributed by atoms with E-state index in [1.54, 1.807) is 0 Å². The standard InChI is InChI=1S/C12H8FO3S/c13-9-2-1-3-12(8-9)17(15,16)11-6-4-10(14)5-7-11/h1-4,6-8,14H. The summed E-state index contributed by atoms with van der Waals surface area (Å²) in [5.41, 5.74) is 0. The van der Waals surface area contributed by atoms with E-state index in [2.05, 4.69) is 6.07 Å². The number of phenolic OH excluding ortho intramolecular Hbond substituents is 1. The van der Waals surface area contributed by atoms with Crippen molar-refractivity contribution in [2.45, 2.75) is 9.79 Å². The van der Waals surface area contributed by atoms with E-state index in [-0.39, 0.29) is 15.5 Å². The average molecular weight is 251 g/mol. The van der Waals surface area contributed by atoms with Crippen LogP contribution < -0.4 is 0 Å². The first-order valence-corrected chi connectivity index (χ1v) is 6.20. The molecule has 1 radical (unpaired) electrons. The third-order valence-electron chi connectivity index (χ3n) is 2.18. The highest BCUT2D eigenvalue weighted by Crippen LogP contribution is 2.22. The molecule has 2 rings (SSSR count). The highest BCUT2D eigenvalue weighted by Gasteiger charge is 2.17. The lowest BCUT2D eigenvalue weighted by Crippen LogP contribution is -2.01. The molecule has 0 fully saturated rings. The summed E-state index contributed by atoms with van der Waals surface area (Å²) in [5.74, 6) is -0.767. The van der Waals surface area contributed by atoms with Crippen LogP contribution >= 0.6 is 0 Å². The number of halogens is 1. The third-order valence-corrected chi connectivity index (χ3v) is 3.93. The van der Waals surface area contributed by atoms with Gasteiger partial charge in [-0.15, -0.1) is 0 Å². The predicted octanol–water partition coefficient (Wildman–Crippen LogP) is 2.16. The molecule has 2 aromatic rings. The van der Waals surface area contributed by atoms with Gasteiger partial charge < -0.3 is 5.11 Å². The van der Waals surface area contributed by atoms with E-state index in [1.165, 1.54) is 30.3 Å². The van der Waals surface area contributed by atoms with Crippen molar-refractivity contribution in [2.24, 2.45) is 0 Å². The van der Waals surface area contributed by atoms with Gasteiger partial charge in [-0.05, 0) is 36.4 Å². The van der Waals surface area contributed by atoms with Crippen molar-refractivity contribution < 1.29 is 17.9 Å². The van der Waals surface area contributed by atoms with Crippen molar-refractivity contribution in [3.63, 3.8) is 0 Å². The average Bonchev–Trinajstić information content (AvgIpc) is 2.29. The molecule has 0 aliphatic heterocycles. The van der Waals surface area contributed by atoms with Crippen LogP contribution in [0.15, 0.2) is 52.3 Å². The fraction of sp³-hybridized carbons (Fsp3) is 0. The summed E-state index contributed by atoms with van der Waals surface area (Å²) in [7, 11) is -3.76. The van der Waals surface area contributed by atoms with E-state index >= 15 is 0 Å². The second-order valence-electron chi connectivity index (χ2n) is 3.37. The van der Waals surface area contributed by atoms with E-state index in [9.17, 15) is 12.8 Å². The van der Waals surface area contributed by atoms with Crippen LogP contribution in [0.3, 0.4) is 0 Å². The molecule has 0 saturated carbocycles. The molecule has 0 unspecified atom stereocenters. The Bertz CT molecular complexity index is 633. The molecule has 17 heavy (non-hydrogen) atoms. The lowest BCUT2D eigenvalue weighted by molar-refractivity contribution is 0.473. The van der Waals surface area contributed by atoms with Crippen LogP contribution in [0.5, 0.6) is 5.75 Å². The second-order valence-corrected chi connectivity index (χ2v) is 5.32. The van der Waals surface area contributed by atoms with Gasteiger partial charge in [0.2, 0.25) is 9.84 Å². The Balaban J connectivity index is 2.54. The summed E-state index contributed by atoms with van der Waals surface area (Å²) in [6.45, 7) is 0. The van der Waals surface area contributed by atoms with Gasteiger partial charge in [0.25, 0.3) is 0 Å². The van der Waals surface area contributed by atoms with Gasteiger partial charge in [-0.2, -0.15) is 0 Å². The molecular weight excluding hydrogens is 243 g/mol. The Labute approximate surface area is 98.1 Å². The maximum atomic E-state index is 13.0. The molecule has 0 aromatic heterocycles. The lowest BCUT2D eigenvalue weighted by Gasteiger charge is -2.04. The number of rotatable bonds is 2. The largest absolute Gasteiger partial charge is 0.507 e.